The van der Waals surface area contributed by atoms with Crippen LogP contribution in [-0.4, -0.2) is 46.2 Å². The molecule has 0 N–H and O–H groups in total. The Bertz CT molecular complexity index is 896. The van der Waals surface area contributed by atoms with E-state index in [0.717, 1.165) is 23.3 Å². The van der Waals surface area contributed by atoms with Crippen molar-refractivity contribution in [2.45, 2.75) is 19.4 Å². The molecule has 2 amide bonds. The van der Waals surface area contributed by atoms with Crippen molar-refractivity contribution in [1.82, 2.24) is 14.8 Å². The lowest BCUT2D eigenvalue weighted by molar-refractivity contribution is -0.135. The Morgan fingerprint density at radius 3 is 2.68 bits per heavy atom. The summed E-state index contributed by atoms with van der Waals surface area (Å²) in [4.78, 5) is 33.0. The number of hydrogen-bond donors (Lipinski definition) is 0. The Kier molecular flexibility index (Phi) is 5.19. The van der Waals surface area contributed by atoms with Gasteiger partial charge in [0, 0.05) is 32.3 Å². The zero-order valence-electron chi connectivity index (χ0n) is 15.6. The Balaban J connectivity index is 1.36. The van der Waals surface area contributed by atoms with Gasteiger partial charge in [-0.1, -0.05) is 24.3 Å². The molecule has 144 valence electrons. The molecule has 0 radical (unpaired) electrons. The first-order valence-electron chi connectivity index (χ1n) is 9.51. The monoisotopic (exact) mass is 379 g/mol. The van der Waals surface area contributed by atoms with Crippen LogP contribution in [0.1, 0.15) is 24.1 Å². The van der Waals surface area contributed by atoms with Gasteiger partial charge in [0.05, 0.1) is 18.2 Å². The number of nitrogens with zero attached hydrogens (tertiary/aromatic N) is 3. The van der Waals surface area contributed by atoms with Gasteiger partial charge in [-0.15, -0.1) is 0 Å². The van der Waals surface area contributed by atoms with E-state index in [1.165, 1.54) is 12.1 Å². The average Bonchev–Trinajstić information content (AvgIpc) is 3.09. The molecule has 0 aliphatic carbocycles. The van der Waals surface area contributed by atoms with Crippen molar-refractivity contribution in [3.8, 4) is 0 Å². The summed E-state index contributed by atoms with van der Waals surface area (Å²) in [5.74, 6) is -0.509. The van der Waals surface area contributed by atoms with Crippen molar-refractivity contribution >= 4 is 17.4 Å². The largest absolute Gasteiger partial charge is 0.338 e. The van der Waals surface area contributed by atoms with E-state index in [1.807, 2.05) is 29.2 Å². The maximum Gasteiger partial charge on any atom is 0.228 e. The van der Waals surface area contributed by atoms with Crippen LogP contribution in [0.3, 0.4) is 0 Å². The summed E-state index contributed by atoms with van der Waals surface area (Å²) in [6.07, 6.45) is 4.72. The highest BCUT2D eigenvalue weighted by Gasteiger charge is 2.36. The van der Waals surface area contributed by atoms with Gasteiger partial charge in [0.15, 0.2) is 0 Å². The fourth-order valence-corrected chi connectivity index (χ4v) is 3.83. The molecule has 0 saturated carbocycles. The van der Waals surface area contributed by atoms with E-state index in [1.54, 1.807) is 23.2 Å². The molecule has 2 aliphatic heterocycles. The Labute approximate surface area is 163 Å². The minimum absolute atomic E-state index is 0.00329. The number of hydrogen-bond acceptors (Lipinski definition) is 3. The lowest BCUT2D eigenvalue weighted by Crippen LogP contribution is -2.39. The lowest BCUT2D eigenvalue weighted by Gasteiger charge is -2.29. The van der Waals surface area contributed by atoms with Crippen LogP contribution < -0.4 is 0 Å². The maximum absolute atomic E-state index is 13.1. The van der Waals surface area contributed by atoms with Gasteiger partial charge in [-0.2, -0.15) is 0 Å². The van der Waals surface area contributed by atoms with Crippen molar-refractivity contribution in [3.05, 3.63) is 71.8 Å². The standard InChI is InChI=1S/C22H22FN3O2/c23-19-6-4-16(5-7-19)17-8-11-25(12-9-17)22(28)18-13-21(27)26(14-18)15-20-3-1-2-10-24-20/h1-8,10,18H,9,11-15H2. The van der Waals surface area contributed by atoms with Crippen LogP contribution in [0.25, 0.3) is 5.57 Å². The van der Waals surface area contributed by atoms with Crippen LogP contribution >= 0.6 is 0 Å². The van der Waals surface area contributed by atoms with Crippen LogP contribution in [0.4, 0.5) is 4.39 Å². The Morgan fingerprint density at radius 2 is 2.00 bits per heavy atom. The highest BCUT2D eigenvalue weighted by atomic mass is 19.1. The highest BCUT2D eigenvalue weighted by Crippen LogP contribution is 2.26. The van der Waals surface area contributed by atoms with Crippen molar-refractivity contribution in [1.29, 1.82) is 0 Å². The molecule has 1 fully saturated rings. The molecular formula is C22H22FN3O2. The van der Waals surface area contributed by atoms with E-state index in [2.05, 4.69) is 4.98 Å². The van der Waals surface area contributed by atoms with E-state index >= 15 is 0 Å². The highest BCUT2D eigenvalue weighted by molar-refractivity contribution is 5.89. The SMILES string of the molecule is O=C1CC(C(=O)N2CC=C(c3ccc(F)cc3)CC2)CN1Cc1ccccn1. The van der Waals surface area contributed by atoms with Gasteiger partial charge in [-0.25, -0.2) is 4.39 Å². The quantitative estimate of drug-likeness (QED) is 0.821. The molecule has 1 unspecified atom stereocenters. The van der Waals surface area contributed by atoms with E-state index in [4.69, 9.17) is 0 Å². The third-order valence-corrected chi connectivity index (χ3v) is 5.38. The van der Waals surface area contributed by atoms with Crippen molar-refractivity contribution in [2.24, 2.45) is 5.92 Å². The zero-order chi connectivity index (χ0) is 19.5. The van der Waals surface area contributed by atoms with E-state index in [0.29, 0.717) is 26.2 Å². The van der Waals surface area contributed by atoms with Crippen LogP contribution in [0, 0.1) is 11.7 Å². The summed E-state index contributed by atoms with van der Waals surface area (Å²) in [6, 6.07) is 12.1. The molecule has 1 atom stereocenters. The maximum atomic E-state index is 13.1. The predicted octanol–water partition coefficient (Wildman–Crippen LogP) is 2.89. The van der Waals surface area contributed by atoms with Crippen LogP contribution in [0.2, 0.25) is 0 Å². The third-order valence-electron chi connectivity index (χ3n) is 5.38. The third kappa shape index (κ3) is 3.96. The molecule has 2 aliphatic rings. The fraction of sp³-hybridized carbons (Fsp3) is 0.318. The topological polar surface area (TPSA) is 53.5 Å². The van der Waals surface area contributed by atoms with Crippen LogP contribution in [0.5, 0.6) is 0 Å². The fourth-order valence-electron chi connectivity index (χ4n) is 3.83. The number of aromatic nitrogens is 1. The second kappa shape index (κ2) is 7.92. The average molecular weight is 379 g/mol. The van der Waals surface area contributed by atoms with Crippen LogP contribution in [-0.2, 0) is 16.1 Å². The summed E-state index contributed by atoms with van der Waals surface area (Å²) in [6.45, 7) is 2.03. The number of pyridine rings is 1. The number of rotatable bonds is 4. The second-order valence-corrected chi connectivity index (χ2v) is 7.27. The Morgan fingerprint density at radius 1 is 1.18 bits per heavy atom. The molecule has 0 spiro atoms. The van der Waals surface area contributed by atoms with E-state index in [9.17, 15) is 14.0 Å². The molecule has 1 aromatic heterocycles. The number of likely N-dealkylation sites (tertiary alicyclic amines) is 1. The summed E-state index contributed by atoms with van der Waals surface area (Å²) < 4.78 is 13.1. The van der Waals surface area contributed by atoms with Crippen molar-refractivity contribution in [2.75, 3.05) is 19.6 Å². The summed E-state index contributed by atoms with van der Waals surface area (Å²) in [5, 5.41) is 0. The summed E-state index contributed by atoms with van der Waals surface area (Å²) in [7, 11) is 0. The number of amides is 2. The first-order valence-corrected chi connectivity index (χ1v) is 9.51. The van der Waals surface area contributed by atoms with Gasteiger partial charge in [-0.3, -0.25) is 14.6 Å². The van der Waals surface area contributed by atoms with Gasteiger partial charge in [0.1, 0.15) is 5.82 Å². The number of benzene rings is 1. The summed E-state index contributed by atoms with van der Waals surface area (Å²) >= 11 is 0. The molecule has 0 bridgehead atoms. The molecule has 4 rings (SSSR count). The lowest BCUT2D eigenvalue weighted by atomic mass is 9.98. The molecule has 3 heterocycles. The molecule has 2 aromatic rings. The molecule has 1 aromatic carbocycles. The van der Waals surface area contributed by atoms with Gasteiger partial charge < -0.3 is 9.80 Å². The van der Waals surface area contributed by atoms with Gasteiger partial charge in [-0.05, 0) is 41.8 Å². The van der Waals surface area contributed by atoms with Gasteiger partial charge in [0.2, 0.25) is 11.8 Å². The Hall–Kier alpha value is -3.02. The predicted molar refractivity (Wildman–Crippen MR) is 103 cm³/mol. The summed E-state index contributed by atoms with van der Waals surface area (Å²) in [5.41, 5.74) is 2.95. The number of carbonyl (C=O) groups is 2. The van der Waals surface area contributed by atoms with E-state index < -0.39 is 0 Å². The van der Waals surface area contributed by atoms with Gasteiger partial charge >= 0.3 is 0 Å². The van der Waals surface area contributed by atoms with Crippen LogP contribution in [0.15, 0.2) is 54.7 Å². The van der Waals surface area contributed by atoms with E-state index in [-0.39, 0.29) is 30.0 Å². The molecule has 28 heavy (non-hydrogen) atoms. The molecular weight excluding hydrogens is 357 g/mol. The molecule has 6 heteroatoms. The van der Waals surface area contributed by atoms with Crippen molar-refractivity contribution in [3.63, 3.8) is 0 Å². The normalized spacial score (nSPS) is 19.7. The minimum atomic E-state index is -0.294. The van der Waals surface area contributed by atoms with Gasteiger partial charge in [0.25, 0.3) is 0 Å². The minimum Gasteiger partial charge on any atom is -0.338 e. The smallest absolute Gasteiger partial charge is 0.228 e. The van der Waals surface area contributed by atoms with Crippen molar-refractivity contribution < 1.29 is 14.0 Å². The molecule has 5 nitrogen and oxygen atoms in total. The molecule has 1 saturated heterocycles. The zero-order valence-corrected chi connectivity index (χ0v) is 15.6. The first-order chi connectivity index (χ1) is 13.6. The first kappa shape index (κ1) is 18.3. The second-order valence-electron chi connectivity index (χ2n) is 7.27. The number of halogens is 1. The number of carbonyl (C=O) groups excluding carboxylic acids is 2.